The molecule has 0 bridgehead atoms. The van der Waals surface area contributed by atoms with Gasteiger partial charge in [0.05, 0.1) is 5.66 Å². The summed E-state index contributed by atoms with van der Waals surface area (Å²) in [5.74, 6) is 0. The van der Waals surface area contributed by atoms with Crippen molar-refractivity contribution in [1.82, 2.24) is 10.2 Å². The quantitative estimate of drug-likeness (QED) is 0.579. The third-order valence-corrected chi connectivity index (χ3v) is 3.11. The molecular weight excluding hydrogens is 124 g/mol. The molecule has 0 aromatic rings. The predicted molar refractivity (Wildman–Crippen MR) is 41.8 cm³/mol. The maximum Gasteiger partial charge on any atom is 0.0710 e. The van der Waals surface area contributed by atoms with Crippen molar-refractivity contribution in [1.29, 1.82) is 0 Å². The minimum Gasteiger partial charge on any atom is -0.302 e. The molecule has 0 atom stereocenters. The first-order valence-electron chi connectivity index (χ1n) is 4.31. The fraction of sp³-hybridized carbons (Fsp3) is 1.00. The molecule has 0 saturated carbocycles. The summed E-state index contributed by atoms with van der Waals surface area (Å²) in [6, 6.07) is 0. The van der Waals surface area contributed by atoms with E-state index in [1.807, 2.05) is 0 Å². The fourth-order valence-electron chi connectivity index (χ4n) is 2.51. The monoisotopic (exact) mass is 140 g/mol. The van der Waals surface area contributed by atoms with Crippen molar-refractivity contribution >= 4 is 0 Å². The second kappa shape index (κ2) is 2.21. The van der Waals surface area contributed by atoms with Gasteiger partial charge in [-0.25, -0.2) is 0 Å². The van der Waals surface area contributed by atoms with Crippen molar-refractivity contribution in [3.05, 3.63) is 0 Å². The highest BCUT2D eigenvalue weighted by atomic mass is 15.3. The Kier molecular flexibility index (Phi) is 1.46. The summed E-state index contributed by atoms with van der Waals surface area (Å²) in [6.07, 6.45) is 5.51. The lowest BCUT2D eigenvalue weighted by Gasteiger charge is -2.31. The molecule has 2 nitrogen and oxygen atoms in total. The van der Waals surface area contributed by atoms with Crippen LogP contribution < -0.4 is 5.32 Å². The van der Waals surface area contributed by atoms with Crippen LogP contribution in [0, 0.1) is 0 Å². The maximum absolute atomic E-state index is 3.47. The van der Waals surface area contributed by atoms with Crippen LogP contribution in [0.15, 0.2) is 0 Å². The van der Waals surface area contributed by atoms with Gasteiger partial charge < -0.3 is 5.32 Å². The normalized spacial score (nSPS) is 30.9. The zero-order valence-electron chi connectivity index (χ0n) is 6.69. The van der Waals surface area contributed by atoms with Gasteiger partial charge in [0.25, 0.3) is 0 Å². The molecule has 0 unspecified atom stereocenters. The van der Waals surface area contributed by atoms with E-state index in [4.69, 9.17) is 0 Å². The molecule has 2 aliphatic rings. The first-order valence-corrected chi connectivity index (χ1v) is 4.31. The molecule has 2 saturated heterocycles. The lowest BCUT2D eigenvalue weighted by atomic mass is 10.1. The van der Waals surface area contributed by atoms with Gasteiger partial charge in [0.2, 0.25) is 0 Å². The summed E-state index contributed by atoms with van der Waals surface area (Å²) in [5.41, 5.74) is 0.431. The molecule has 0 aromatic carbocycles. The largest absolute Gasteiger partial charge is 0.302 e. The van der Waals surface area contributed by atoms with Gasteiger partial charge in [-0.05, 0) is 32.7 Å². The molecular formula is C8H16N2. The van der Waals surface area contributed by atoms with Gasteiger partial charge in [0.15, 0.2) is 0 Å². The fourth-order valence-corrected chi connectivity index (χ4v) is 2.51. The maximum atomic E-state index is 3.47. The third kappa shape index (κ3) is 0.722. The number of nitrogens with one attached hydrogen (secondary N) is 1. The van der Waals surface area contributed by atoms with E-state index >= 15 is 0 Å². The standard InChI is InChI=1S/C8H16N2/c1-9-8-4-2-6-10(8)7-3-5-8/h9H,2-7H2,1H3. The Bertz CT molecular complexity index is 123. The Morgan fingerprint density at radius 3 is 2.20 bits per heavy atom. The Labute approximate surface area is 62.6 Å². The van der Waals surface area contributed by atoms with E-state index in [2.05, 4.69) is 17.3 Å². The van der Waals surface area contributed by atoms with Crippen LogP contribution in [-0.2, 0) is 0 Å². The molecule has 2 fully saturated rings. The molecule has 0 aromatic heterocycles. The van der Waals surface area contributed by atoms with Gasteiger partial charge in [-0.3, -0.25) is 4.90 Å². The van der Waals surface area contributed by atoms with Crippen molar-refractivity contribution in [3.63, 3.8) is 0 Å². The van der Waals surface area contributed by atoms with Crippen LogP contribution in [0.25, 0.3) is 0 Å². The lowest BCUT2D eigenvalue weighted by molar-refractivity contribution is 0.162. The molecule has 0 spiro atoms. The first kappa shape index (κ1) is 6.62. The SMILES string of the molecule is CNC12CCCN1CCC2. The Hall–Kier alpha value is -0.0800. The van der Waals surface area contributed by atoms with E-state index in [9.17, 15) is 0 Å². The number of nitrogens with zero attached hydrogens (tertiary/aromatic N) is 1. The van der Waals surface area contributed by atoms with Gasteiger partial charge >= 0.3 is 0 Å². The highest BCUT2D eigenvalue weighted by molar-refractivity contribution is 4.96. The molecule has 2 aliphatic heterocycles. The average molecular weight is 140 g/mol. The van der Waals surface area contributed by atoms with Gasteiger partial charge in [0, 0.05) is 13.1 Å². The Morgan fingerprint density at radius 1 is 1.20 bits per heavy atom. The summed E-state index contributed by atoms with van der Waals surface area (Å²) in [6.45, 7) is 2.64. The van der Waals surface area contributed by atoms with E-state index in [1.54, 1.807) is 0 Å². The van der Waals surface area contributed by atoms with Crippen LogP contribution in [0.2, 0.25) is 0 Å². The van der Waals surface area contributed by atoms with Crippen LogP contribution in [-0.4, -0.2) is 30.7 Å². The predicted octanol–water partition coefficient (Wildman–Crippen LogP) is 0.792. The lowest BCUT2D eigenvalue weighted by Crippen LogP contribution is -2.49. The molecule has 0 amide bonds. The van der Waals surface area contributed by atoms with Crippen molar-refractivity contribution in [2.24, 2.45) is 0 Å². The third-order valence-electron chi connectivity index (χ3n) is 3.11. The second-order valence-corrected chi connectivity index (χ2v) is 3.48. The number of hydrogen-bond acceptors (Lipinski definition) is 2. The molecule has 0 radical (unpaired) electrons. The van der Waals surface area contributed by atoms with E-state index in [-0.39, 0.29) is 0 Å². The zero-order chi connectivity index (χ0) is 7.03. The van der Waals surface area contributed by atoms with Crippen LogP contribution in [0.4, 0.5) is 0 Å². The molecule has 58 valence electrons. The Balaban J connectivity index is 2.15. The molecule has 2 heteroatoms. The topological polar surface area (TPSA) is 15.3 Å². The van der Waals surface area contributed by atoms with Crippen LogP contribution in [0.5, 0.6) is 0 Å². The highest BCUT2D eigenvalue weighted by Crippen LogP contribution is 2.35. The zero-order valence-corrected chi connectivity index (χ0v) is 6.69. The average Bonchev–Trinajstić information content (AvgIpc) is 2.42. The van der Waals surface area contributed by atoms with Crippen molar-refractivity contribution < 1.29 is 0 Å². The van der Waals surface area contributed by atoms with E-state index in [1.165, 1.54) is 38.8 Å². The van der Waals surface area contributed by atoms with Crippen LogP contribution in [0.1, 0.15) is 25.7 Å². The molecule has 2 rings (SSSR count). The first-order chi connectivity index (χ1) is 4.87. The summed E-state index contributed by atoms with van der Waals surface area (Å²) < 4.78 is 0. The van der Waals surface area contributed by atoms with Gasteiger partial charge in [-0.1, -0.05) is 0 Å². The summed E-state index contributed by atoms with van der Waals surface area (Å²) >= 11 is 0. The molecule has 1 N–H and O–H groups in total. The minimum absolute atomic E-state index is 0.431. The smallest absolute Gasteiger partial charge is 0.0710 e. The van der Waals surface area contributed by atoms with E-state index in [0.29, 0.717) is 5.66 Å². The number of fused-ring (bicyclic) bond motifs is 1. The van der Waals surface area contributed by atoms with Gasteiger partial charge in [-0.15, -0.1) is 0 Å². The summed E-state index contributed by atoms with van der Waals surface area (Å²) in [5, 5.41) is 3.47. The molecule has 10 heavy (non-hydrogen) atoms. The van der Waals surface area contributed by atoms with Crippen molar-refractivity contribution in [2.75, 3.05) is 20.1 Å². The number of rotatable bonds is 1. The van der Waals surface area contributed by atoms with Crippen molar-refractivity contribution in [3.8, 4) is 0 Å². The number of hydrogen-bond donors (Lipinski definition) is 1. The molecule has 2 heterocycles. The Morgan fingerprint density at radius 2 is 1.80 bits per heavy atom. The van der Waals surface area contributed by atoms with E-state index < -0.39 is 0 Å². The summed E-state index contributed by atoms with van der Waals surface area (Å²) in [4.78, 5) is 2.60. The molecule has 0 aliphatic carbocycles. The van der Waals surface area contributed by atoms with Crippen molar-refractivity contribution in [2.45, 2.75) is 31.3 Å². The summed E-state index contributed by atoms with van der Waals surface area (Å²) in [7, 11) is 2.10. The second-order valence-electron chi connectivity index (χ2n) is 3.48. The minimum atomic E-state index is 0.431. The van der Waals surface area contributed by atoms with Crippen LogP contribution >= 0.6 is 0 Å². The van der Waals surface area contributed by atoms with E-state index in [0.717, 1.165) is 0 Å². The highest BCUT2D eigenvalue weighted by Gasteiger charge is 2.42. The van der Waals surface area contributed by atoms with Gasteiger partial charge in [0.1, 0.15) is 0 Å². The van der Waals surface area contributed by atoms with Gasteiger partial charge in [-0.2, -0.15) is 0 Å². The van der Waals surface area contributed by atoms with Crippen LogP contribution in [0.3, 0.4) is 0 Å².